The Hall–Kier alpha value is -3.86. The normalized spacial score (nSPS) is 11.4. The minimum Gasteiger partial charge on any atom is -0.268 e. The van der Waals surface area contributed by atoms with Crippen LogP contribution in [-0.2, 0) is 19.6 Å². The van der Waals surface area contributed by atoms with E-state index in [1.807, 2.05) is 25.1 Å². The van der Waals surface area contributed by atoms with E-state index in [0.29, 0.717) is 29.0 Å². The second-order valence-corrected chi connectivity index (χ2v) is 6.84. The third-order valence-corrected chi connectivity index (χ3v) is 4.84. The highest BCUT2D eigenvalue weighted by molar-refractivity contribution is 5.85. The molecule has 0 aliphatic carbocycles. The summed E-state index contributed by atoms with van der Waals surface area (Å²) in [6.45, 7) is 1.90. The van der Waals surface area contributed by atoms with Gasteiger partial charge in [0.25, 0.3) is 5.56 Å². The van der Waals surface area contributed by atoms with Gasteiger partial charge in [0.05, 0.1) is 28.4 Å². The summed E-state index contributed by atoms with van der Waals surface area (Å²) in [5, 5.41) is 3.93. The molecule has 0 amide bonds. The first-order chi connectivity index (χ1) is 14.8. The molecule has 0 radical (unpaired) electrons. The Kier molecular flexibility index (Phi) is 5.11. The molecule has 0 saturated heterocycles. The molecule has 0 atom stereocenters. The van der Waals surface area contributed by atoms with E-state index in [9.17, 15) is 18.0 Å². The molecular formula is C23H17F3N4O. The third-order valence-electron chi connectivity index (χ3n) is 4.84. The molecule has 0 unspecified atom stereocenters. The van der Waals surface area contributed by atoms with E-state index in [1.165, 1.54) is 11.6 Å². The monoisotopic (exact) mass is 422 g/mol. The van der Waals surface area contributed by atoms with Crippen molar-refractivity contribution in [2.24, 2.45) is 7.05 Å². The molecule has 5 nitrogen and oxygen atoms in total. The Morgan fingerprint density at radius 1 is 1.00 bits per heavy atom. The summed E-state index contributed by atoms with van der Waals surface area (Å²) in [4.78, 5) is 18.0. The summed E-state index contributed by atoms with van der Waals surface area (Å²) in [6, 6.07) is 14.1. The van der Waals surface area contributed by atoms with Crippen molar-refractivity contribution in [1.29, 1.82) is 0 Å². The van der Waals surface area contributed by atoms with Crippen LogP contribution in [0.25, 0.3) is 16.6 Å². The van der Waals surface area contributed by atoms with E-state index in [4.69, 9.17) is 0 Å². The quantitative estimate of drug-likeness (QED) is 0.457. The number of alkyl halides is 3. The van der Waals surface area contributed by atoms with E-state index in [0.717, 1.165) is 10.9 Å². The molecule has 8 heteroatoms. The number of halogens is 3. The number of benzene rings is 2. The van der Waals surface area contributed by atoms with Gasteiger partial charge in [0, 0.05) is 19.0 Å². The molecule has 0 bridgehead atoms. The van der Waals surface area contributed by atoms with Crippen LogP contribution in [0.5, 0.6) is 0 Å². The molecular weight excluding hydrogens is 405 g/mol. The zero-order chi connectivity index (χ0) is 22.2. The van der Waals surface area contributed by atoms with Crippen molar-refractivity contribution in [1.82, 2.24) is 19.3 Å². The lowest BCUT2D eigenvalue weighted by atomic mass is 10.1. The Bertz CT molecular complexity index is 1390. The molecule has 0 spiro atoms. The fourth-order valence-corrected chi connectivity index (χ4v) is 3.46. The van der Waals surface area contributed by atoms with Crippen LogP contribution in [0.1, 0.15) is 29.6 Å². The van der Waals surface area contributed by atoms with Crippen LogP contribution in [-0.4, -0.2) is 19.3 Å². The topological polar surface area (TPSA) is 52.7 Å². The summed E-state index contributed by atoms with van der Waals surface area (Å²) < 4.78 is 42.2. The van der Waals surface area contributed by atoms with Gasteiger partial charge in [0.2, 0.25) is 0 Å². The number of nitrogens with zero attached hydrogens (tertiary/aromatic N) is 4. The van der Waals surface area contributed by atoms with E-state index in [1.54, 1.807) is 30.3 Å². The first kappa shape index (κ1) is 20.4. The van der Waals surface area contributed by atoms with E-state index >= 15 is 0 Å². The van der Waals surface area contributed by atoms with Gasteiger partial charge in [-0.2, -0.15) is 18.3 Å². The van der Waals surface area contributed by atoms with Gasteiger partial charge in [0.1, 0.15) is 5.82 Å². The molecule has 31 heavy (non-hydrogen) atoms. The fraction of sp³-hybridized carbons (Fsp3) is 0.174. The third kappa shape index (κ3) is 3.70. The zero-order valence-electron chi connectivity index (χ0n) is 16.7. The van der Waals surface area contributed by atoms with Crippen molar-refractivity contribution in [3.63, 3.8) is 0 Å². The van der Waals surface area contributed by atoms with Crippen molar-refractivity contribution in [3.05, 3.63) is 87.7 Å². The van der Waals surface area contributed by atoms with Crippen molar-refractivity contribution in [3.8, 4) is 17.5 Å². The Labute approximate surface area is 175 Å². The van der Waals surface area contributed by atoms with Crippen LogP contribution in [0.4, 0.5) is 13.2 Å². The molecule has 0 aliphatic rings. The maximum absolute atomic E-state index is 13.4. The standard InChI is InChI=1S/C23H17F3N4O/c1-3-19-28-18-11-7-8-15(12-13-16-14-27-29(2)21(16)23(24,25)26)20(18)22(31)30(19)17-9-5-4-6-10-17/h4-11,14H,3H2,1-2H3. The summed E-state index contributed by atoms with van der Waals surface area (Å²) in [6.07, 6.45) is -3.00. The number of fused-ring (bicyclic) bond motifs is 1. The van der Waals surface area contributed by atoms with Gasteiger partial charge in [0.15, 0.2) is 5.69 Å². The minimum atomic E-state index is -4.59. The number of aromatic nitrogens is 4. The Morgan fingerprint density at radius 3 is 2.39 bits per heavy atom. The van der Waals surface area contributed by atoms with Gasteiger partial charge in [-0.1, -0.05) is 43.0 Å². The number of hydrogen-bond donors (Lipinski definition) is 0. The molecule has 0 saturated carbocycles. The van der Waals surface area contributed by atoms with Gasteiger partial charge in [-0.15, -0.1) is 0 Å². The largest absolute Gasteiger partial charge is 0.434 e. The second-order valence-electron chi connectivity index (χ2n) is 6.84. The molecule has 2 aromatic heterocycles. The Balaban J connectivity index is 1.95. The molecule has 156 valence electrons. The van der Waals surface area contributed by atoms with Crippen molar-refractivity contribution < 1.29 is 13.2 Å². The lowest BCUT2D eigenvalue weighted by Gasteiger charge is -2.13. The molecule has 2 heterocycles. The van der Waals surface area contributed by atoms with E-state index in [2.05, 4.69) is 21.9 Å². The van der Waals surface area contributed by atoms with Crippen molar-refractivity contribution in [2.75, 3.05) is 0 Å². The van der Waals surface area contributed by atoms with Crippen LogP contribution in [0.2, 0.25) is 0 Å². The van der Waals surface area contributed by atoms with Gasteiger partial charge in [-0.05, 0) is 24.3 Å². The van der Waals surface area contributed by atoms with Crippen molar-refractivity contribution in [2.45, 2.75) is 19.5 Å². The zero-order valence-corrected chi connectivity index (χ0v) is 16.7. The maximum Gasteiger partial charge on any atom is 0.434 e. The van der Waals surface area contributed by atoms with Gasteiger partial charge in [-0.3, -0.25) is 14.0 Å². The second kappa shape index (κ2) is 7.76. The summed E-state index contributed by atoms with van der Waals surface area (Å²) >= 11 is 0. The first-order valence-electron chi connectivity index (χ1n) is 9.52. The lowest BCUT2D eigenvalue weighted by molar-refractivity contribution is -0.143. The average molecular weight is 422 g/mol. The fourth-order valence-electron chi connectivity index (χ4n) is 3.46. The summed E-state index contributed by atoms with van der Waals surface area (Å²) in [5.41, 5.74) is -0.0995. The molecule has 2 aromatic carbocycles. The lowest BCUT2D eigenvalue weighted by Crippen LogP contribution is -2.24. The van der Waals surface area contributed by atoms with Crippen LogP contribution in [0.3, 0.4) is 0 Å². The SMILES string of the molecule is CCc1nc2cccc(C#Cc3cnn(C)c3C(F)(F)F)c2c(=O)n1-c1ccccc1. The molecule has 0 aliphatic heterocycles. The molecule has 4 aromatic rings. The number of hydrogen-bond acceptors (Lipinski definition) is 3. The highest BCUT2D eigenvalue weighted by Crippen LogP contribution is 2.31. The van der Waals surface area contributed by atoms with Gasteiger partial charge in [-0.25, -0.2) is 4.98 Å². The van der Waals surface area contributed by atoms with Crippen LogP contribution >= 0.6 is 0 Å². The summed E-state index contributed by atoms with van der Waals surface area (Å²) in [5.74, 6) is 5.85. The predicted molar refractivity (Wildman–Crippen MR) is 111 cm³/mol. The maximum atomic E-state index is 13.4. The van der Waals surface area contributed by atoms with Gasteiger partial charge >= 0.3 is 6.18 Å². The van der Waals surface area contributed by atoms with E-state index < -0.39 is 11.9 Å². The van der Waals surface area contributed by atoms with Gasteiger partial charge < -0.3 is 0 Å². The van der Waals surface area contributed by atoms with Crippen LogP contribution in [0.15, 0.2) is 59.5 Å². The van der Waals surface area contributed by atoms with Crippen LogP contribution in [0, 0.1) is 11.8 Å². The van der Waals surface area contributed by atoms with Crippen LogP contribution < -0.4 is 5.56 Å². The highest BCUT2D eigenvalue weighted by atomic mass is 19.4. The number of rotatable bonds is 2. The smallest absolute Gasteiger partial charge is 0.268 e. The molecule has 0 N–H and O–H groups in total. The average Bonchev–Trinajstić information content (AvgIpc) is 3.13. The summed E-state index contributed by atoms with van der Waals surface area (Å²) in [7, 11) is 1.21. The Morgan fingerprint density at radius 2 is 1.71 bits per heavy atom. The molecule has 0 fully saturated rings. The first-order valence-corrected chi connectivity index (χ1v) is 9.52. The molecule has 4 rings (SSSR count). The number of aryl methyl sites for hydroxylation is 2. The van der Waals surface area contributed by atoms with Crippen molar-refractivity contribution >= 4 is 10.9 Å². The van der Waals surface area contributed by atoms with E-state index in [-0.39, 0.29) is 16.5 Å². The predicted octanol–water partition coefficient (Wildman–Crippen LogP) is 4.10. The number of para-hydroxylation sites is 1. The minimum absolute atomic E-state index is 0.256. The highest BCUT2D eigenvalue weighted by Gasteiger charge is 2.37.